The number of hydrogen-bond donors (Lipinski definition) is 2. The fraction of sp³-hybridized carbons (Fsp3) is 0.286. The van der Waals surface area contributed by atoms with Crippen LogP contribution in [-0.4, -0.2) is 28.9 Å². The molecule has 7 nitrogen and oxygen atoms in total. The Morgan fingerprint density at radius 3 is 2.66 bits per heavy atom. The summed E-state index contributed by atoms with van der Waals surface area (Å²) in [5, 5.41) is 7.67. The van der Waals surface area contributed by atoms with E-state index >= 15 is 0 Å². The summed E-state index contributed by atoms with van der Waals surface area (Å²) in [6.07, 6.45) is 7.50. The number of nitrogens with zero attached hydrogens (tertiary/aromatic N) is 2. The molecule has 0 saturated carbocycles. The highest BCUT2D eigenvalue weighted by molar-refractivity contribution is 7.14. The van der Waals surface area contributed by atoms with Crippen LogP contribution < -0.4 is 10.6 Å². The Balaban J connectivity index is 1.49. The smallest absolute Gasteiger partial charge is 0.269 e. The van der Waals surface area contributed by atoms with Gasteiger partial charge in [0.05, 0.1) is 18.0 Å². The first kappa shape index (κ1) is 20.6. The average Bonchev–Trinajstić information content (AvgIpc) is 3.14. The quantitative estimate of drug-likeness (QED) is 0.697. The van der Waals surface area contributed by atoms with Crippen LogP contribution in [0.15, 0.2) is 46.8 Å². The molecule has 1 aliphatic rings. The topological polar surface area (TPSA) is 101 Å². The third-order valence-corrected chi connectivity index (χ3v) is 5.10. The molecule has 29 heavy (non-hydrogen) atoms. The minimum atomic E-state index is -0.608. The number of thiazole rings is 1. The zero-order valence-corrected chi connectivity index (χ0v) is 16.9. The number of aromatic nitrogens is 1. The van der Waals surface area contributed by atoms with E-state index in [-0.39, 0.29) is 24.1 Å². The van der Waals surface area contributed by atoms with Crippen molar-refractivity contribution in [2.75, 3.05) is 10.6 Å². The molecule has 2 N–H and O–H groups in total. The number of anilines is 2. The Hall–Kier alpha value is -3.13. The molecule has 0 radical (unpaired) electrons. The standard InChI is InChI=1S/C21H22N4O3S/c1-2-3-4-14-5-8-16(9-6-14)23-19(27)11-17-13-29-21(24-17)25-20(28)15-7-10-18(26)22-12-15/h5-10,12-13,15H,2-4,11H2,1H3,(H,23,27)(H,24,25,28). The lowest BCUT2D eigenvalue weighted by molar-refractivity contribution is -0.117. The maximum atomic E-state index is 12.3. The van der Waals surface area contributed by atoms with Crippen molar-refractivity contribution in [1.82, 2.24) is 4.98 Å². The van der Waals surface area contributed by atoms with E-state index in [0.29, 0.717) is 10.8 Å². The number of nitrogens with one attached hydrogen (secondary N) is 2. The van der Waals surface area contributed by atoms with Crippen LogP contribution in [0.2, 0.25) is 0 Å². The Bertz CT molecular complexity index is 931. The fourth-order valence-electron chi connectivity index (χ4n) is 2.73. The van der Waals surface area contributed by atoms with Gasteiger partial charge in [0, 0.05) is 23.4 Å². The van der Waals surface area contributed by atoms with Gasteiger partial charge in [-0.15, -0.1) is 11.3 Å². The largest absolute Gasteiger partial charge is 0.326 e. The van der Waals surface area contributed by atoms with E-state index in [1.807, 2.05) is 24.3 Å². The van der Waals surface area contributed by atoms with Crippen LogP contribution in [0.1, 0.15) is 31.0 Å². The summed E-state index contributed by atoms with van der Waals surface area (Å²) in [6.45, 7) is 2.16. The molecule has 2 aromatic rings. The second-order valence-corrected chi connectivity index (χ2v) is 7.52. The van der Waals surface area contributed by atoms with Gasteiger partial charge in [0.1, 0.15) is 0 Å². The average molecular weight is 410 g/mol. The molecule has 3 amide bonds. The van der Waals surface area contributed by atoms with Crippen molar-refractivity contribution in [2.24, 2.45) is 10.9 Å². The van der Waals surface area contributed by atoms with Crippen LogP contribution in [-0.2, 0) is 27.2 Å². The van der Waals surface area contributed by atoms with E-state index in [1.165, 1.54) is 35.3 Å². The van der Waals surface area contributed by atoms with Crippen LogP contribution in [0.3, 0.4) is 0 Å². The van der Waals surface area contributed by atoms with Crippen molar-refractivity contribution in [3.8, 4) is 0 Å². The van der Waals surface area contributed by atoms with Crippen molar-refractivity contribution in [3.63, 3.8) is 0 Å². The van der Waals surface area contributed by atoms with Crippen molar-refractivity contribution >= 4 is 46.1 Å². The predicted octanol–water partition coefficient (Wildman–Crippen LogP) is 3.39. The van der Waals surface area contributed by atoms with E-state index in [0.717, 1.165) is 24.9 Å². The Labute approximate surface area is 173 Å². The van der Waals surface area contributed by atoms with E-state index in [1.54, 1.807) is 5.38 Å². The lowest BCUT2D eigenvalue weighted by Crippen LogP contribution is -2.24. The van der Waals surface area contributed by atoms with Gasteiger partial charge in [0.25, 0.3) is 5.91 Å². The Morgan fingerprint density at radius 1 is 1.17 bits per heavy atom. The lowest BCUT2D eigenvalue weighted by atomic mass is 10.1. The maximum Gasteiger partial charge on any atom is 0.269 e. The predicted molar refractivity (Wildman–Crippen MR) is 114 cm³/mol. The van der Waals surface area contributed by atoms with E-state index in [2.05, 4.69) is 27.5 Å². The molecule has 1 aromatic carbocycles. The van der Waals surface area contributed by atoms with E-state index < -0.39 is 5.92 Å². The summed E-state index contributed by atoms with van der Waals surface area (Å²) >= 11 is 1.24. The van der Waals surface area contributed by atoms with Crippen molar-refractivity contribution in [1.29, 1.82) is 0 Å². The Kier molecular flexibility index (Phi) is 7.02. The summed E-state index contributed by atoms with van der Waals surface area (Å²) in [7, 11) is 0. The summed E-state index contributed by atoms with van der Waals surface area (Å²) in [4.78, 5) is 43.3. The minimum Gasteiger partial charge on any atom is -0.326 e. The van der Waals surface area contributed by atoms with Gasteiger partial charge < -0.3 is 10.6 Å². The summed E-state index contributed by atoms with van der Waals surface area (Å²) < 4.78 is 0. The van der Waals surface area contributed by atoms with Crippen LogP contribution in [0.25, 0.3) is 0 Å². The third kappa shape index (κ3) is 6.18. The number of aliphatic imine (C=N–C) groups is 1. The van der Waals surface area contributed by atoms with Gasteiger partial charge in [0.15, 0.2) is 5.13 Å². The number of dihydropyridines is 1. The highest BCUT2D eigenvalue weighted by Crippen LogP contribution is 2.18. The molecular weight excluding hydrogens is 388 g/mol. The monoisotopic (exact) mass is 410 g/mol. The van der Waals surface area contributed by atoms with E-state index in [9.17, 15) is 14.4 Å². The van der Waals surface area contributed by atoms with Gasteiger partial charge in [0.2, 0.25) is 11.8 Å². The fourth-order valence-corrected chi connectivity index (χ4v) is 3.44. The number of unbranched alkanes of at least 4 members (excludes halogenated alkanes) is 1. The van der Waals surface area contributed by atoms with Crippen molar-refractivity contribution in [3.05, 3.63) is 53.1 Å². The number of rotatable bonds is 8. The molecule has 1 atom stereocenters. The van der Waals surface area contributed by atoms with Crippen molar-refractivity contribution in [2.45, 2.75) is 32.6 Å². The number of carbonyl (C=O) groups excluding carboxylic acids is 3. The van der Waals surface area contributed by atoms with Gasteiger partial charge in [-0.25, -0.2) is 9.98 Å². The first-order valence-electron chi connectivity index (χ1n) is 9.44. The second kappa shape index (κ2) is 9.88. The summed E-state index contributed by atoms with van der Waals surface area (Å²) in [6, 6.07) is 7.86. The normalized spacial score (nSPS) is 15.3. The molecule has 0 bridgehead atoms. The SMILES string of the molecule is CCCCc1ccc(NC(=O)Cc2csc(NC(=O)C3C=CC(=O)N=C3)n2)cc1. The van der Waals surface area contributed by atoms with Gasteiger partial charge >= 0.3 is 0 Å². The molecule has 0 spiro atoms. The minimum absolute atomic E-state index is 0.114. The molecular formula is C21H22N4O3S. The van der Waals surface area contributed by atoms with Gasteiger partial charge in [-0.2, -0.15) is 0 Å². The van der Waals surface area contributed by atoms with Gasteiger partial charge in [-0.3, -0.25) is 14.4 Å². The maximum absolute atomic E-state index is 12.3. The lowest BCUT2D eigenvalue weighted by Gasteiger charge is -2.08. The van der Waals surface area contributed by atoms with Crippen LogP contribution in [0, 0.1) is 5.92 Å². The summed E-state index contributed by atoms with van der Waals surface area (Å²) in [5.41, 5.74) is 2.58. The molecule has 3 rings (SSSR count). The molecule has 8 heteroatoms. The third-order valence-electron chi connectivity index (χ3n) is 4.29. The molecule has 1 unspecified atom stereocenters. The highest BCUT2D eigenvalue weighted by atomic mass is 32.1. The van der Waals surface area contributed by atoms with Crippen LogP contribution >= 0.6 is 11.3 Å². The first-order valence-corrected chi connectivity index (χ1v) is 10.3. The molecule has 0 saturated heterocycles. The zero-order valence-electron chi connectivity index (χ0n) is 16.1. The molecule has 2 heterocycles. The number of benzene rings is 1. The Morgan fingerprint density at radius 2 is 1.97 bits per heavy atom. The molecule has 1 aliphatic heterocycles. The van der Waals surface area contributed by atoms with E-state index in [4.69, 9.17) is 0 Å². The number of aryl methyl sites for hydroxylation is 1. The molecule has 0 fully saturated rings. The summed E-state index contributed by atoms with van der Waals surface area (Å²) in [5.74, 6) is -1.49. The van der Waals surface area contributed by atoms with Crippen LogP contribution in [0.5, 0.6) is 0 Å². The molecule has 0 aliphatic carbocycles. The molecule has 1 aromatic heterocycles. The highest BCUT2D eigenvalue weighted by Gasteiger charge is 2.18. The van der Waals surface area contributed by atoms with Gasteiger partial charge in [-0.1, -0.05) is 31.6 Å². The molecule has 150 valence electrons. The zero-order chi connectivity index (χ0) is 20.6. The first-order chi connectivity index (χ1) is 14.0. The second-order valence-electron chi connectivity index (χ2n) is 6.66. The van der Waals surface area contributed by atoms with Crippen molar-refractivity contribution < 1.29 is 14.4 Å². The number of hydrogen-bond acceptors (Lipinski definition) is 5. The number of amides is 3. The number of carbonyl (C=O) groups is 3. The van der Waals surface area contributed by atoms with Gasteiger partial charge in [-0.05, 0) is 30.5 Å². The van der Waals surface area contributed by atoms with Crippen LogP contribution in [0.4, 0.5) is 10.8 Å².